The minimum absolute atomic E-state index is 0.372. The maximum Gasteiger partial charge on any atom is 0.352 e. The number of carboxylic acid groups (broad SMARTS) is 1. The largest absolute Gasteiger partial charge is 0.477 e. The Morgan fingerprint density at radius 1 is 1.62 bits per heavy atom. The topological polar surface area (TPSA) is 42.2 Å². The Kier molecular flexibility index (Phi) is 1.72. The molecule has 0 aliphatic heterocycles. The first-order chi connectivity index (χ1) is 6.20. The lowest BCUT2D eigenvalue weighted by Crippen LogP contribution is -2.07. The number of nitrogens with zero attached hydrogens (tertiary/aromatic N) is 1. The van der Waals surface area contributed by atoms with Crippen LogP contribution in [0, 0.1) is 0 Å². The molecule has 13 heavy (non-hydrogen) atoms. The molecule has 1 aliphatic rings. The molecule has 0 fully saturated rings. The number of hydrogen-bond acceptors (Lipinski definition) is 1. The standard InChI is InChI=1S/C10H11NO2/c1-11-8-5-3-2-4-7(8)6-9(11)10(12)13/h2,4,6H,3,5H2,1H3,(H,12,13). The van der Waals surface area contributed by atoms with E-state index in [1.165, 1.54) is 0 Å². The van der Waals surface area contributed by atoms with Gasteiger partial charge in [0, 0.05) is 12.7 Å². The highest BCUT2D eigenvalue weighted by Gasteiger charge is 2.16. The van der Waals surface area contributed by atoms with Gasteiger partial charge in [0.25, 0.3) is 0 Å². The van der Waals surface area contributed by atoms with E-state index < -0.39 is 5.97 Å². The maximum atomic E-state index is 10.8. The Bertz CT molecular complexity index is 388. The molecular formula is C10H11NO2. The van der Waals surface area contributed by atoms with Crippen molar-refractivity contribution in [2.24, 2.45) is 7.05 Å². The van der Waals surface area contributed by atoms with Crippen molar-refractivity contribution in [2.45, 2.75) is 12.8 Å². The monoisotopic (exact) mass is 177 g/mol. The molecule has 0 aromatic carbocycles. The molecule has 0 saturated carbocycles. The van der Waals surface area contributed by atoms with Crippen molar-refractivity contribution in [1.82, 2.24) is 4.57 Å². The Labute approximate surface area is 76.3 Å². The van der Waals surface area contributed by atoms with Crippen LogP contribution in [0.1, 0.15) is 28.2 Å². The van der Waals surface area contributed by atoms with Crippen LogP contribution in [0.15, 0.2) is 12.1 Å². The Balaban J connectivity index is 2.58. The summed E-state index contributed by atoms with van der Waals surface area (Å²) in [4.78, 5) is 10.8. The van der Waals surface area contributed by atoms with Gasteiger partial charge in [-0.3, -0.25) is 0 Å². The molecule has 1 heterocycles. The zero-order chi connectivity index (χ0) is 9.42. The van der Waals surface area contributed by atoms with Gasteiger partial charge in [-0.2, -0.15) is 0 Å². The third-order valence-electron chi connectivity index (χ3n) is 2.46. The van der Waals surface area contributed by atoms with E-state index in [1.54, 1.807) is 17.7 Å². The number of carbonyl (C=O) groups is 1. The Hall–Kier alpha value is -1.51. The van der Waals surface area contributed by atoms with Crippen molar-refractivity contribution < 1.29 is 9.90 Å². The quantitative estimate of drug-likeness (QED) is 0.709. The van der Waals surface area contributed by atoms with Crippen LogP contribution < -0.4 is 0 Å². The van der Waals surface area contributed by atoms with Crippen LogP contribution in [0.4, 0.5) is 0 Å². The summed E-state index contributed by atoms with van der Waals surface area (Å²) in [6, 6.07) is 1.73. The molecule has 2 rings (SSSR count). The van der Waals surface area contributed by atoms with Crippen LogP contribution in [-0.2, 0) is 13.5 Å². The summed E-state index contributed by atoms with van der Waals surface area (Å²) in [5.41, 5.74) is 2.54. The predicted octanol–water partition coefficient (Wildman–Crippen LogP) is 1.68. The first-order valence-corrected chi connectivity index (χ1v) is 4.28. The first kappa shape index (κ1) is 8.10. The van der Waals surface area contributed by atoms with Crippen LogP contribution in [0.3, 0.4) is 0 Å². The van der Waals surface area contributed by atoms with E-state index >= 15 is 0 Å². The highest BCUT2D eigenvalue weighted by molar-refractivity contribution is 5.87. The van der Waals surface area contributed by atoms with Gasteiger partial charge in [-0.15, -0.1) is 0 Å². The van der Waals surface area contributed by atoms with E-state index in [-0.39, 0.29) is 0 Å². The van der Waals surface area contributed by atoms with E-state index in [0.717, 1.165) is 24.1 Å². The summed E-state index contributed by atoms with van der Waals surface area (Å²) in [7, 11) is 1.81. The average Bonchev–Trinajstić information content (AvgIpc) is 2.45. The molecule has 1 aliphatic carbocycles. The van der Waals surface area contributed by atoms with Crippen LogP contribution in [-0.4, -0.2) is 15.6 Å². The highest BCUT2D eigenvalue weighted by atomic mass is 16.4. The summed E-state index contributed by atoms with van der Waals surface area (Å²) in [5, 5.41) is 8.87. The van der Waals surface area contributed by atoms with Crippen molar-refractivity contribution in [2.75, 3.05) is 0 Å². The Morgan fingerprint density at radius 3 is 3.00 bits per heavy atom. The predicted molar refractivity (Wildman–Crippen MR) is 49.7 cm³/mol. The molecule has 0 saturated heterocycles. The van der Waals surface area contributed by atoms with Gasteiger partial charge in [0.1, 0.15) is 5.69 Å². The van der Waals surface area contributed by atoms with Gasteiger partial charge in [0.15, 0.2) is 0 Å². The molecule has 0 spiro atoms. The van der Waals surface area contributed by atoms with Crippen molar-refractivity contribution in [3.8, 4) is 0 Å². The molecule has 3 heteroatoms. The maximum absolute atomic E-state index is 10.8. The van der Waals surface area contributed by atoms with Crippen LogP contribution in [0.5, 0.6) is 0 Å². The van der Waals surface area contributed by atoms with Gasteiger partial charge >= 0.3 is 5.97 Å². The lowest BCUT2D eigenvalue weighted by atomic mass is 10.1. The number of carboxylic acids is 1. The van der Waals surface area contributed by atoms with Crippen LogP contribution >= 0.6 is 0 Å². The number of hydrogen-bond donors (Lipinski definition) is 1. The minimum Gasteiger partial charge on any atom is -0.477 e. The summed E-state index contributed by atoms with van der Waals surface area (Å²) >= 11 is 0. The number of rotatable bonds is 1. The summed E-state index contributed by atoms with van der Waals surface area (Å²) in [6.45, 7) is 0. The lowest BCUT2D eigenvalue weighted by Gasteiger charge is -2.08. The Morgan fingerprint density at radius 2 is 2.38 bits per heavy atom. The molecule has 0 atom stereocenters. The fraction of sp³-hybridized carbons (Fsp3) is 0.300. The molecule has 1 N–H and O–H groups in total. The van der Waals surface area contributed by atoms with Crippen molar-refractivity contribution >= 4 is 12.0 Å². The summed E-state index contributed by atoms with van der Waals surface area (Å²) in [5.74, 6) is -0.856. The normalized spacial score (nSPS) is 14.2. The molecule has 0 radical (unpaired) electrons. The molecule has 1 aromatic heterocycles. The first-order valence-electron chi connectivity index (χ1n) is 4.28. The van der Waals surface area contributed by atoms with Crippen LogP contribution in [0.25, 0.3) is 6.08 Å². The van der Waals surface area contributed by atoms with Gasteiger partial charge in [-0.05, 0) is 24.5 Å². The van der Waals surface area contributed by atoms with Gasteiger partial charge in [0.05, 0.1) is 0 Å². The van der Waals surface area contributed by atoms with Gasteiger partial charge in [-0.1, -0.05) is 12.2 Å². The number of fused-ring (bicyclic) bond motifs is 1. The van der Waals surface area contributed by atoms with Crippen molar-refractivity contribution in [3.05, 3.63) is 29.1 Å². The summed E-state index contributed by atoms with van der Waals surface area (Å²) in [6.07, 6.45) is 6.01. The van der Waals surface area contributed by atoms with Gasteiger partial charge < -0.3 is 9.67 Å². The highest BCUT2D eigenvalue weighted by Crippen LogP contribution is 2.22. The van der Waals surface area contributed by atoms with E-state index in [4.69, 9.17) is 5.11 Å². The molecule has 68 valence electrons. The molecular weight excluding hydrogens is 166 g/mol. The SMILES string of the molecule is Cn1c(C(=O)O)cc2c1CCC=C2. The number of aromatic carboxylic acids is 1. The van der Waals surface area contributed by atoms with E-state index in [2.05, 4.69) is 6.08 Å². The smallest absolute Gasteiger partial charge is 0.352 e. The van der Waals surface area contributed by atoms with Gasteiger partial charge in [0.2, 0.25) is 0 Å². The third kappa shape index (κ3) is 1.16. The van der Waals surface area contributed by atoms with E-state index in [1.807, 2.05) is 6.08 Å². The van der Waals surface area contributed by atoms with E-state index in [0.29, 0.717) is 5.69 Å². The zero-order valence-electron chi connectivity index (χ0n) is 7.45. The van der Waals surface area contributed by atoms with Gasteiger partial charge in [-0.25, -0.2) is 4.79 Å². The fourth-order valence-corrected chi connectivity index (χ4v) is 1.76. The molecule has 0 unspecified atom stereocenters. The lowest BCUT2D eigenvalue weighted by molar-refractivity contribution is 0.0686. The molecule has 3 nitrogen and oxygen atoms in total. The summed E-state index contributed by atoms with van der Waals surface area (Å²) < 4.78 is 1.77. The van der Waals surface area contributed by atoms with Crippen molar-refractivity contribution in [1.29, 1.82) is 0 Å². The fourth-order valence-electron chi connectivity index (χ4n) is 1.76. The second kappa shape index (κ2) is 2.76. The second-order valence-electron chi connectivity index (χ2n) is 3.24. The van der Waals surface area contributed by atoms with E-state index in [9.17, 15) is 4.79 Å². The average molecular weight is 177 g/mol. The molecule has 0 bridgehead atoms. The zero-order valence-corrected chi connectivity index (χ0v) is 7.45. The van der Waals surface area contributed by atoms with Crippen molar-refractivity contribution in [3.63, 3.8) is 0 Å². The second-order valence-corrected chi connectivity index (χ2v) is 3.24. The number of allylic oxidation sites excluding steroid dienone is 1. The minimum atomic E-state index is -0.856. The molecule has 1 aromatic rings. The molecule has 0 amide bonds. The third-order valence-corrected chi connectivity index (χ3v) is 2.46. The number of aromatic nitrogens is 1. The van der Waals surface area contributed by atoms with Crippen LogP contribution in [0.2, 0.25) is 0 Å².